The van der Waals surface area contributed by atoms with E-state index in [-0.39, 0.29) is 36.3 Å². The van der Waals surface area contributed by atoms with Crippen LogP contribution in [0.25, 0.3) is 0 Å². The van der Waals surface area contributed by atoms with E-state index >= 15 is 0 Å². The number of aryl methyl sites for hydroxylation is 4. The zero-order valence-corrected chi connectivity index (χ0v) is 19.6. The first-order chi connectivity index (χ1) is 13.3. The van der Waals surface area contributed by atoms with E-state index in [1.807, 2.05) is 52.0 Å². The van der Waals surface area contributed by atoms with Gasteiger partial charge in [-0.3, -0.25) is 9.98 Å². The maximum atomic E-state index is 10.3. The van der Waals surface area contributed by atoms with Crippen molar-refractivity contribution in [3.8, 4) is 11.5 Å². The van der Waals surface area contributed by atoms with Crippen LogP contribution in [-0.2, 0) is 16.8 Å². The van der Waals surface area contributed by atoms with E-state index in [0.717, 1.165) is 59.1 Å². The molecule has 1 saturated carbocycles. The predicted octanol–water partition coefficient (Wildman–Crippen LogP) is 5.63. The Hall–Kier alpha value is -2.11. The monoisotopic (exact) mass is 452 g/mol. The number of hydrogen-bond acceptors (Lipinski definition) is 4. The van der Waals surface area contributed by atoms with Crippen molar-refractivity contribution in [2.75, 3.05) is 0 Å². The molecule has 3 rings (SSSR count). The maximum absolute atomic E-state index is 10.3. The van der Waals surface area contributed by atoms with Crippen molar-refractivity contribution < 1.29 is 27.0 Å². The number of phenolic OH excluding ortho intramolecular Hbond substituents is 2. The molecule has 1 radical (unpaired) electrons. The molecule has 2 atom stereocenters. The fraction of sp³-hybridized carbons (Fsp3) is 0.400. The third-order valence-electron chi connectivity index (χ3n) is 5.45. The quantitative estimate of drug-likeness (QED) is 0.467. The smallest absolute Gasteiger partial charge is 0.127 e. The van der Waals surface area contributed by atoms with Crippen molar-refractivity contribution in [3.05, 3.63) is 65.1 Å². The Morgan fingerprint density at radius 3 is 1.47 bits per heavy atom. The molecule has 0 saturated heterocycles. The normalized spacial score (nSPS) is 18.9. The Bertz CT molecular complexity index is 846. The van der Waals surface area contributed by atoms with Crippen molar-refractivity contribution in [3.63, 3.8) is 0 Å². The summed E-state index contributed by atoms with van der Waals surface area (Å²) >= 11 is 0. The Morgan fingerprint density at radius 1 is 0.733 bits per heavy atom. The number of hydrogen-bond donors (Lipinski definition) is 2. The van der Waals surface area contributed by atoms with Gasteiger partial charge in [-0.2, -0.15) is 0 Å². The summed E-state index contributed by atoms with van der Waals surface area (Å²) in [5.74, 6) is 0.593. The third kappa shape index (κ3) is 6.19. The summed E-state index contributed by atoms with van der Waals surface area (Å²) in [6, 6.07) is 8.05. The average Bonchev–Trinajstić information content (AvgIpc) is 2.65. The van der Waals surface area contributed by atoms with Crippen LogP contribution < -0.4 is 0 Å². The van der Waals surface area contributed by atoms with Crippen molar-refractivity contribution in [2.45, 2.75) is 65.5 Å². The molecule has 0 unspecified atom stereocenters. The van der Waals surface area contributed by atoms with Gasteiger partial charge < -0.3 is 17.6 Å². The minimum Gasteiger partial charge on any atom is -0.507 e. The Morgan fingerprint density at radius 2 is 1.10 bits per heavy atom. The van der Waals surface area contributed by atoms with Crippen LogP contribution in [0.4, 0.5) is 0 Å². The number of phenols is 2. The fourth-order valence-corrected chi connectivity index (χ4v) is 3.97. The zero-order valence-electron chi connectivity index (χ0n) is 18.6. The van der Waals surface area contributed by atoms with Gasteiger partial charge in [0.15, 0.2) is 0 Å². The van der Waals surface area contributed by atoms with Gasteiger partial charge in [-0.15, -0.1) is 0 Å². The molecule has 0 aliphatic heterocycles. The van der Waals surface area contributed by atoms with Gasteiger partial charge in [-0.25, -0.2) is 0 Å². The van der Waals surface area contributed by atoms with Crippen LogP contribution in [-0.4, -0.2) is 34.7 Å². The van der Waals surface area contributed by atoms with Gasteiger partial charge in [0.25, 0.3) is 0 Å². The van der Waals surface area contributed by atoms with Gasteiger partial charge >= 0.3 is 0 Å². The van der Waals surface area contributed by atoms with Gasteiger partial charge in [-0.05, 0) is 74.9 Å². The molecular formula is C25H33CoN2O2-. The van der Waals surface area contributed by atoms with Crippen LogP contribution in [0.1, 0.15) is 59.1 Å². The van der Waals surface area contributed by atoms with Gasteiger partial charge in [0.2, 0.25) is 0 Å². The SMILES string of the molecule is Cc1cc(C)c(O)c(C=N[C@@H]2CCCC[C@H]2N=Cc2cc(C)cc(C)c2O)c1.[CH3-].[Co]. The second-order valence-corrected chi connectivity index (χ2v) is 8.01. The molecule has 2 aromatic carbocycles. The molecule has 1 aliphatic rings. The molecule has 0 amide bonds. The summed E-state index contributed by atoms with van der Waals surface area (Å²) < 4.78 is 0. The first-order valence-corrected chi connectivity index (χ1v) is 10.0. The van der Waals surface area contributed by atoms with Crippen molar-refractivity contribution in [2.24, 2.45) is 9.98 Å². The van der Waals surface area contributed by atoms with Gasteiger partial charge in [0.05, 0.1) is 12.1 Å². The second-order valence-electron chi connectivity index (χ2n) is 8.01. The molecule has 0 spiro atoms. The molecule has 30 heavy (non-hydrogen) atoms. The van der Waals surface area contributed by atoms with E-state index in [9.17, 15) is 10.2 Å². The van der Waals surface area contributed by atoms with E-state index in [4.69, 9.17) is 9.98 Å². The molecule has 2 aromatic rings. The van der Waals surface area contributed by atoms with Crippen LogP contribution in [0.15, 0.2) is 34.3 Å². The number of aromatic hydroxyl groups is 2. The van der Waals surface area contributed by atoms with Crippen LogP contribution in [0.3, 0.4) is 0 Å². The van der Waals surface area contributed by atoms with Crippen molar-refractivity contribution in [1.82, 2.24) is 0 Å². The maximum Gasteiger partial charge on any atom is 0.127 e. The average molecular weight is 452 g/mol. The standard InChI is InChI=1S/C24H30N2O2.CH3.Co/c1-15-9-17(3)23(27)19(11-15)13-25-21-7-5-6-8-22(21)26-14-20-12-16(2)10-18(4)24(20)28;;/h9-14,21-22,27-28H,5-8H2,1-4H3;1H3;/q;-1;/t21-,22-;;/m1../s1. The molecule has 0 aromatic heterocycles. The van der Waals surface area contributed by atoms with Crippen molar-refractivity contribution in [1.29, 1.82) is 0 Å². The van der Waals surface area contributed by atoms with Crippen molar-refractivity contribution >= 4 is 12.4 Å². The molecule has 4 nitrogen and oxygen atoms in total. The first kappa shape index (κ1) is 25.9. The van der Waals surface area contributed by atoms with Crippen LogP contribution >= 0.6 is 0 Å². The van der Waals surface area contributed by atoms with Gasteiger partial charge in [0.1, 0.15) is 11.5 Å². The summed E-state index contributed by atoms with van der Waals surface area (Å²) in [5.41, 5.74) is 5.48. The molecule has 0 bridgehead atoms. The van der Waals surface area contributed by atoms with Crippen LogP contribution in [0.2, 0.25) is 0 Å². The van der Waals surface area contributed by atoms with Gasteiger partial charge in [-0.1, -0.05) is 25.0 Å². The number of nitrogens with zero attached hydrogens (tertiary/aromatic N) is 2. The molecule has 5 heteroatoms. The minimum absolute atomic E-state index is 0. The number of rotatable bonds is 4. The van der Waals surface area contributed by atoms with E-state index in [2.05, 4.69) is 0 Å². The second kappa shape index (κ2) is 11.3. The molecule has 165 valence electrons. The summed E-state index contributed by atoms with van der Waals surface area (Å²) in [6.45, 7) is 7.86. The third-order valence-corrected chi connectivity index (χ3v) is 5.45. The Kier molecular flexibility index (Phi) is 9.79. The first-order valence-electron chi connectivity index (χ1n) is 10.0. The predicted molar refractivity (Wildman–Crippen MR) is 123 cm³/mol. The van der Waals surface area contributed by atoms with E-state index in [1.54, 1.807) is 12.4 Å². The number of benzene rings is 2. The molecule has 1 fully saturated rings. The summed E-state index contributed by atoms with van der Waals surface area (Å²) in [5, 5.41) is 20.6. The molecule has 0 heterocycles. The minimum atomic E-state index is 0. The molecular weight excluding hydrogens is 419 g/mol. The van der Waals surface area contributed by atoms with E-state index < -0.39 is 0 Å². The summed E-state index contributed by atoms with van der Waals surface area (Å²) in [4.78, 5) is 9.57. The van der Waals surface area contributed by atoms with Crippen LogP contribution in [0, 0.1) is 35.1 Å². The number of aliphatic imine (C=N–C) groups is 2. The summed E-state index contributed by atoms with van der Waals surface area (Å²) in [6.07, 6.45) is 7.85. The topological polar surface area (TPSA) is 65.2 Å². The Balaban J connectivity index is 0.00000225. The largest absolute Gasteiger partial charge is 0.507 e. The molecule has 2 N–H and O–H groups in total. The summed E-state index contributed by atoms with van der Waals surface area (Å²) in [7, 11) is 0. The zero-order chi connectivity index (χ0) is 20.3. The van der Waals surface area contributed by atoms with E-state index in [0.29, 0.717) is 11.5 Å². The van der Waals surface area contributed by atoms with Crippen LogP contribution in [0.5, 0.6) is 11.5 Å². The Labute approximate surface area is 191 Å². The molecule has 1 aliphatic carbocycles. The van der Waals surface area contributed by atoms with E-state index in [1.165, 1.54) is 0 Å². The van der Waals surface area contributed by atoms with Gasteiger partial charge in [0, 0.05) is 40.3 Å². The fourth-order valence-electron chi connectivity index (χ4n) is 3.97.